The average molecular weight is 480 g/mol. The molecule has 0 amide bonds. The van der Waals surface area contributed by atoms with Gasteiger partial charge in [0.1, 0.15) is 0 Å². The molecule has 0 unspecified atom stereocenters. The maximum atomic E-state index is 2.66. The zero-order valence-corrected chi connectivity index (χ0v) is 19.7. The van der Waals surface area contributed by atoms with Crippen molar-refractivity contribution in [3.63, 3.8) is 0 Å². The molecule has 0 radical (unpaired) electrons. The Hall–Kier alpha value is 0.0470. The third-order valence-corrected chi connectivity index (χ3v) is 39.1. The molecule has 22 heavy (non-hydrogen) atoms. The summed E-state index contributed by atoms with van der Waals surface area (Å²) in [6.45, 7) is 10.00. The van der Waals surface area contributed by atoms with Crippen LogP contribution in [-0.4, -0.2) is 5.98 Å². The maximum absolute atomic E-state index is 2.66. The van der Waals surface area contributed by atoms with E-state index < -0.39 is 26.6 Å². The van der Waals surface area contributed by atoms with Gasteiger partial charge in [-0.2, -0.15) is 0 Å². The summed E-state index contributed by atoms with van der Waals surface area (Å²) in [5.41, 5.74) is 0. The van der Waals surface area contributed by atoms with Crippen molar-refractivity contribution in [2.45, 2.75) is 71.8 Å². The van der Waals surface area contributed by atoms with Gasteiger partial charge in [-0.25, -0.2) is 0 Å². The Morgan fingerprint density at radius 3 is 1.36 bits per heavy atom. The van der Waals surface area contributed by atoms with Gasteiger partial charge < -0.3 is 0 Å². The molecule has 0 spiro atoms. The first kappa shape index (κ1) is 18.4. The summed E-state index contributed by atoms with van der Waals surface area (Å²) in [5.74, 6) is -0.603. The first-order chi connectivity index (χ1) is 10.6. The molecule has 2 aliphatic carbocycles. The predicted octanol–water partition coefficient (Wildman–Crippen LogP) is 6.54. The fourth-order valence-electron chi connectivity index (χ4n) is 4.43. The third kappa shape index (κ3) is 3.75. The van der Waals surface area contributed by atoms with Crippen molar-refractivity contribution >= 4 is 5.98 Å². The monoisotopic (exact) mass is 481 g/mol. The summed E-state index contributed by atoms with van der Waals surface area (Å²) in [5, 5.41) is 0. The van der Waals surface area contributed by atoms with Crippen molar-refractivity contribution in [3.05, 3.63) is 48.6 Å². The molecule has 0 aliphatic heterocycles. The number of unbranched alkanes of at least 4 members (excludes halogenated alkanes) is 2. The van der Waals surface area contributed by atoms with Gasteiger partial charge in [-0.05, 0) is 0 Å². The molecule has 0 N–H and O–H groups in total. The molecule has 2 heteroatoms. The van der Waals surface area contributed by atoms with Crippen LogP contribution in [0.25, 0.3) is 0 Å². The van der Waals surface area contributed by atoms with Gasteiger partial charge in [0.15, 0.2) is 0 Å². The van der Waals surface area contributed by atoms with E-state index >= 15 is 0 Å². The molecule has 0 aromatic heterocycles. The summed E-state index contributed by atoms with van der Waals surface area (Å²) >= 11 is -1.89. The van der Waals surface area contributed by atoms with Gasteiger partial charge in [-0.3, -0.25) is 0 Å². The van der Waals surface area contributed by atoms with E-state index in [1.165, 1.54) is 38.5 Å². The van der Waals surface area contributed by atoms with E-state index in [0.717, 1.165) is 0 Å². The van der Waals surface area contributed by atoms with Crippen LogP contribution in [0.5, 0.6) is 0 Å². The van der Waals surface area contributed by atoms with E-state index in [-0.39, 0.29) is 0 Å². The first-order valence-electron chi connectivity index (χ1n) is 9.22. The first-order valence-corrected chi connectivity index (χ1v) is 21.9. The second-order valence-electron chi connectivity index (χ2n) is 7.29. The van der Waals surface area contributed by atoms with Crippen LogP contribution in [0.2, 0.25) is 19.4 Å². The standard InChI is InChI=1S/2C9H13.C2H7Si.Hf/c2*1-2-3-6-9-7-4-5-8-9;1-3-2;/h2*4-5,7-8H,2-3,6H2,1H3;3H,1-2H3;. The van der Waals surface area contributed by atoms with E-state index in [1.54, 1.807) is 0 Å². The third-order valence-electron chi connectivity index (χ3n) is 5.27. The average Bonchev–Trinajstić information content (AvgIpc) is 3.14. The van der Waals surface area contributed by atoms with Crippen LogP contribution in [-0.2, 0) is 20.6 Å². The molecule has 2 rings (SSSR count). The quantitative estimate of drug-likeness (QED) is 0.329. The van der Waals surface area contributed by atoms with Crippen molar-refractivity contribution in [3.8, 4) is 0 Å². The van der Waals surface area contributed by atoms with Crippen molar-refractivity contribution < 1.29 is 20.6 Å². The summed E-state index contributed by atoms with van der Waals surface area (Å²) in [4.78, 5) is 0. The normalized spacial score (nSPS) is 20.4. The van der Waals surface area contributed by atoms with Crippen molar-refractivity contribution in [1.29, 1.82) is 0 Å². The Morgan fingerprint density at radius 2 is 1.09 bits per heavy atom. The van der Waals surface area contributed by atoms with Crippen molar-refractivity contribution in [1.82, 2.24) is 0 Å². The Bertz CT molecular complexity index is 406. The van der Waals surface area contributed by atoms with Crippen LogP contribution < -0.4 is 0 Å². The zero-order chi connectivity index (χ0) is 16.1. The molecule has 0 nitrogen and oxygen atoms in total. The minimum atomic E-state index is -1.89. The molecular formula is C20H33HfSi. The molecule has 121 valence electrons. The molecule has 0 fully saturated rings. The Kier molecular flexibility index (Phi) is 6.88. The molecule has 2 aliphatic rings. The topological polar surface area (TPSA) is 0 Å². The van der Waals surface area contributed by atoms with Crippen LogP contribution in [0.3, 0.4) is 0 Å². The summed E-state index contributed by atoms with van der Waals surface area (Å²) in [6.07, 6.45) is 28.2. The molecule has 0 saturated heterocycles. The molecule has 0 atom stereocenters. The Balaban J connectivity index is 2.38. The molecule has 0 bridgehead atoms. The van der Waals surface area contributed by atoms with Gasteiger partial charge in [-0.15, -0.1) is 0 Å². The molecule has 0 saturated carbocycles. The summed E-state index contributed by atoms with van der Waals surface area (Å²) in [7, 11) is 0. The van der Waals surface area contributed by atoms with Gasteiger partial charge >= 0.3 is 147 Å². The summed E-state index contributed by atoms with van der Waals surface area (Å²) < 4.78 is 1.04. The van der Waals surface area contributed by atoms with Gasteiger partial charge in [-0.1, -0.05) is 0 Å². The molecule has 0 aromatic carbocycles. The van der Waals surface area contributed by atoms with Crippen LogP contribution in [0.1, 0.15) is 52.4 Å². The second kappa shape index (κ2) is 8.24. The number of hydrogen-bond donors (Lipinski definition) is 0. The van der Waals surface area contributed by atoms with E-state index in [0.29, 0.717) is 6.34 Å². The van der Waals surface area contributed by atoms with Crippen LogP contribution in [0.4, 0.5) is 0 Å². The van der Waals surface area contributed by atoms with Crippen molar-refractivity contribution in [2.75, 3.05) is 0 Å². The zero-order valence-electron chi connectivity index (χ0n) is 14.9. The Labute approximate surface area is 146 Å². The van der Waals surface area contributed by atoms with Crippen molar-refractivity contribution in [2.24, 2.45) is 0 Å². The van der Waals surface area contributed by atoms with Gasteiger partial charge in [0.25, 0.3) is 0 Å². The van der Waals surface area contributed by atoms with Gasteiger partial charge in [0.2, 0.25) is 0 Å². The van der Waals surface area contributed by atoms with E-state index in [4.69, 9.17) is 0 Å². The SMILES string of the molecule is CCCC[C]1([Hf]([SiH](C)C)[C]2(CCCC)C=CC=C2)C=CC=C1. The van der Waals surface area contributed by atoms with E-state index in [1.807, 2.05) is 0 Å². The van der Waals surface area contributed by atoms with Gasteiger partial charge in [0, 0.05) is 0 Å². The van der Waals surface area contributed by atoms with Crippen LogP contribution in [0.15, 0.2) is 48.6 Å². The second-order valence-corrected chi connectivity index (χ2v) is 36.4. The Morgan fingerprint density at radius 1 is 0.727 bits per heavy atom. The van der Waals surface area contributed by atoms with Gasteiger partial charge in [0.05, 0.1) is 0 Å². The molecular weight excluding hydrogens is 447 g/mol. The predicted molar refractivity (Wildman–Crippen MR) is 99.9 cm³/mol. The summed E-state index contributed by atoms with van der Waals surface area (Å²) in [6, 6.07) is 0. The van der Waals surface area contributed by atoms with Crippen LogP contribution in [0, 0.1) is 0 Å². The number of rotatable bonds is 9. The van der Waals surface area contributed by atoms with E-state index in [9.17, 15) is 0 Å². The fraction of sp³-hybridized carbons (Fsp3) is 0.600. The molecule has 0 heterocycles. The molecule has 0 aromatic rings. The van der Waals surface area contributed by atoms with E-state index in [2.05, 4.69) is 75.5 Å². The van der Waals surface area contributed by atoms with Crippen LogP contribution >= 0.6 is 0 Å². The number of allylic oxidation sites excluding steroid dienone is 8. The fourth-order valence-corrected chi connectivity index (χ4v) is 45.5. The number of hydrogen-bond acceptors (Lipinski definition) is 0. The minimum absolute atomic E-state index is 0.522.